The molecule has 0 spiro atoms. The van der Waals surface area contributed by atoms with Gasteiger partial charge in [0.1, 0.15) is 5.69 Å². The van der Waals surface area contributed by atoms with Crippen LogP contribution in [-0.4, -0.2) is 10.5 Å². The van der Waals surface area contributed by atoms with E-state index in [-0.39, 0.29) is 11.0 Å². The molecule has 0 saturated carbocycles. The fraction of sp³-hybridized carbons (Fsp3) is 0.500. The van der Waals surface area contributed by atoms with Crippen LogP contribution in [0.2, 0.25) is 0 Å². The van der Waals surface area contributed by atoms with Gasteiger partial charge in [-0.2, -0.15) is 0 Å². The van der Waals surface area contributed by atoms with Gasteiger partial charge in [-0.05, 0) is 31.7 Å². The van der Waals surface area contributed by atoms with Gasteiger partial charge in [0.2, 0.25) is 0 Å². The molecule has 0 radical (unpaired) electrons. The third-order valence-electron chi connectivity index (χ3n) is 3.41. The fourth-order valence-corrected chi connectivity index (χ4v) is 2.30. The monoisotopic (exact) mass is 286 g/mol. The van der Waals surface area contributed by atoms with Gasteiger partial charge in [-0.1, -0.05) is 45.0 Å². The minimum Gasteiger partial charge on any atom is -0.443 e. The third-order valence-corrected chi connectivity index (χ3v) is 3.41. The number of benzene rings is 1. The second kappa shape index (κ2) is 5.64. The van der Waals surface area contributed by atoms with E-state index >= 15 is 0 Å². The molecule has 0 fully saturated rings. The Labute approximate surface area is 127 Å². The minimum atomic E-state index is 0.0553. The van der Waals surface area contributed by atoms with Crippen molar-refractivity contribution in [1.82, 2.24) is 10.3 Å². The maximum atomic E-state index is 5.70. The maximum absolute atomic E-state index is 5.70. The Morgan fingerprint density at radius 2 is 1.71 bits per heavy atom. The summed E-state index contributed by atoms with van der Waals surface area (Å²) < 4.78 is 5.70. The van der Waals surface area contributed by atoms with Crippen LogP contribution in [0.3, 0.4) is 0 Å². The van der Waals surface area contributed by atoms with Gasteiger partial charge in [-0.15, -0.1) is 0 Å². The molecule has 0 saturated heterocycles. The lowest BCUT2D eigenvalue weighted by Gasteiger charge is -2.23. The number of hydrogen-bond donors (Lipinski definition) is 1. The van der Waals surface area contributed by atoms with Crippen molar-refractivity contribution in [3.63, 3.8) is 0 Å². The van der Waals surface area contributed by atoms with Crippen molar-refractivity contribution in [2.45, 2.75) is 59.0 Å². The lowest BCUT2D eigenvalue weighted by molar-refractivity contribution is 0.421. The lowest BCUT2D eigenvalue weighted by atomic mass is 9.83. The standard InChI is InChI=1S/C18H26N2O/c1-17(2,3)14-10-8-7-9-13(14)16-15(19-12-21-16)11-20-18(4,5)6/h7-10,12,20H,11H2,1-6H3. The Morgan fingerprint density at radius 1 is 1.05 bits per heavy atom. The van der Waals surface area contributed by atoms with Crippen molar-refractivity contribution in [3.8, 4) is 11.3 Å². The van der Waals surface area contributed by atoms with Crippen molar-refractivity contribution in [1.29, 1.82) is 0 Å². The first-order valence-electron chi connectivity index (χ1n) is 7.46. The SMILES string of the molecule is CC(C)(C)NCc1ncoc1-c1ccccc1C(C)(C)C. The smallest absolute Gasteiger partial charge is 0.181 e. The lowest BCUT2D eigenvalue weighted by Crippen LogP contribution is -2.35. The van der Waals surface area contributed by atoms with Gasteiger partial charge in [0, 0.05) is 17.6 Å². The van der Waals surface area contributed by atoms with E-state index in [9.17, 15) is 0 Å². The Kier molecular flexibility index (Phi) is 4.24. The summed E-state index contributed by atoms with van der Waals surface area (Å²) in [5, 5.41) is 3.47. The highest BCUT2D eigenvalue weighted by Crippen LogP contribution is 2.34. The number of oxazole rings is 1. The zero-order valence-corrected chi connectivity index (χ0v) is 13.9. The van der Waals surface area contributed by atoms with E-state index in [1.807, 2.05) is 6.07 Å². The summed E-state index contributed by atoms with van der Waals surface area (Å²) in [6, 6.07) is 8.40. The number of hydrogen-bond acceptors (Lipinski definition) is 3. The average molecular weight is 286 g/mol. The van der Waals surface area contributed by atoms with E-state index in [1.54, 1.807) is 0 Å². The van der Waals surface area contributed by atoms with E-state index in [0.29, 0.717) is 6.54 Å². The zero-order chi connectivity index (χ0) is 15.7. The van der Waals surface area contributed by atoms with Crippen LogP contribution in [0.25, 0.3) is 11.3 Å². The van der Waals surface area contributed by atoms with Gasteiger partial charge in [-0.25, -0.2) is 4.98 Å². The van der Waals surface area contributed by atoms with Crippen LogP contribution in [0.1, 0.15) is 52.8 Å². The molecular weight excluding hydrogens is 260 g/mol. The molecule has 0 unspecified atom stereocenters. The highest BCUT2D eigenvalue weighted by atomic mass is 16.3. The quantitative estimate of drug-likeness (QED) is 0.901. The van der Waals surface area contributed by atoms with Gasteiger partial charge >= 0.3 is 0 Å². The van der Waals surface area contributed by atoms with Gasteiger partial charge in [0.25, 0.3) is 0 Å². The average Bonchev–Trinajstić information content (AvgIpc) is 2.82. The highest BCUT2D eigenvalue weighted by molar-refractivity contribution is 5.65. The maximum Gasteiger partial charge on any atom is 0.181 e. The van der Waals surface area contributed by atoms with Crippen molar-refractivity contribution in [2.24, 2.45) is 0 Å². The van der Waals surface area contributed by atoms with Crippen molar-refractivity contribution in [3.05, 3.63) is 41.9 Å². The summed E-state index contributed by atoms with van der Waals surface area (Å²) in [5.41, 5.74) is 3.49. The molecule has 3 nitrogen and oxygen atoms in total. The van der Waals surface area contributed by atoms with E-state index in [4.69, 9.17) is 4.42 Å². The zero-order valence-electron chi connectivity index (χ0n) is 13.9. The summed E-state index contributed by atoms with van der Waals surface area (Å²) in [6.45, 7) is 13.8. The molecule has 114 valence electrons. The topological polar surface area (TPSA) is 38.1 Å². The fourth-order valence-electron chi connectivity index (χ4n) is 2.30. The Bertz CT molecular complexity index is 600. The molecular formula is C18H26N2O. The van der Waals surface area contributed by atoms with Crippen molar-refractivity contribution < 1.29 is 4.42 Å². The first-order chi connectivity index (χ1) is 9.68. The van der Waals surface area contributed by atoms with Crippen LogP contribution in [0.15, 0.2) is 35.1 Å². The third kappa shape index (κ3) is 3.94. The van der Waals surface area contributed by atoms with Gasteiger partial charge in [0.05, 0.1) is 0 Å². The van der Waals surface area contributed by atoms with E-state index in [0.717, 1.165) is 17.0 Å². The van der Waals surface area contributed by atoms with Crippen LogP contribution in [0.4, 0.5) is 0 Å². The molecule has 1 aromatic heterocycles. The predicted octanol–water partition coefficient (Wildman–Crippen LogP) is 4.53. The molecule has 0 aliphatic heterocycles. The summed E-state index contributed by atoms with van der Waals surface area (Å²) in [4.78, 5) is 4.39. The van der Waals surface area contributed by atoms with Crippen molar-refractivity contribution >= 4 is 0 Å². The van der Waals surface area contributed by atoms with Crippen LogP contribution < -0.4 is 5.32 Å². The first kappa shape index (κ1) is 15.8. The molecule has 3 heteroatoms. The van der Waals surface area contributed by atoms with E-state index < -0.39 is 0 Å². The molecule has 1 heterocycles. The van der Waals surface area contributed by atoms with Gasteiger partial charge in [-0.3, -0.25) is 0 Å². The Balaban J connectivity index is 2.38. The van der Waals surface area contributed by atoms with Gasteiger partial charge < -0.3 is 9.73 Å². The number of rotatable bonds is 3. The van der Waals surface area contributed by atoms with Crippen molar-refractivity contribution in [2.75, 3.05) is 0 Å². The van der Waals surface area contributed by atoms with Crippen LogP contribution >= 0.6 is 0 Å². The largest absolute Gasteiger partial charge is 0.443 e. The summed E-state index contributed by atoms with van der Waals surface area (Å²) >= 11 is 0. The summed E-state index contributed by atoms with van der Waals surface area (Å²) in [5.74, 6) is 0.872. The number of nitrogens with one attached hydrogen (secondary N) is 1. The molecule has 2 aromatic rings. The first-order valence-corrected chi connectivity index (χ1v) is 7.46. The summed E-state index contributed by atoms with van der Waals surface area (Å²) in [7, 11) is 0. The van der Waals surface area contributed by atoms with E-state index in [2.05, 4.69) is 70.0 Å². The Hall–Kier alpha value is -1.61. The second-order valence-corrected chi connectivity index (χ2v) is 7.53. The molecule has 0 bridgehead atoms. The molecule has 1 aromatic carbocycles. The number of nitrogens with zero attached hydrogens (tertiary/aromatic N) is 1. The van der Waals surface area contributed by atoms with Crippen LogP contribution in [0.5, 0.6) is 0 Å². The highest BCUT2D eigenvalue weighted by Gasteiger charge is 2.22. The van der Waals surface area contributed by atoms with Gasteiger partial charge in [0.15, 0.2) is 12.2 Å². The Morgan fingerprint density at radius 3 is 2.33 bits per heavy atom. The van der Waals surface area contributed by atoms with E-state index in [1.165, 1.54) is 12.0 Å². The normalized spacial score (nSPS) is 12.7. The molecule has 0 aliphatic carbocycles. The predicted molar refractivity (Wildman–Crippen MR) is 87.2 cm³/mol. The minimum absolute atomic E-state index is 0.0553. The molecule has 0 aliphatic rings. The molecule has 21 heavy (non-hydrogen) atoms. The molecule has 2 rings (SSSR count). The number of aromatic nitrogens is 1. The second-order valence-electron chi connectivity index (χ2n) is 7.53. The molecule has 0 amide bonds. The van der Waals surface area contributed by atoms with Crippen LogP contribution in [0, 0.1) is 0 Å². The van der Waals surface area contributed by atoms with Crippen LogP contribution in [-0.2, 0) is 12.0 Å². The molecule has 0 atom stereocenters. The molecule has 1 N–H and O–H groups in total. The summed E-state index contributed by atoms with van der Waals surface area (Å²) in [6.07, 6.45) is 1.54.